The average Bonchev–Trinajstić information content (AvgIpc) is 2.40. The number of likely N-dealkylation sites (tertiary alicyclic amines) is 1. The Morgan fingerprint density at radius 3 is 2.72 bits per heavy atom. The van der Waals surface area contributed by atoms with Gasteiger partial charge in [-0.15, -0.1) is 0 Å². The molecule has 0 amide bonds. The van der Waals surface area contributed by atoms with Crippen LogP contribution in [0.15, 0.2) is 12.2 Å². The molecule has 0 aliphatic carbocycles. The monoisotopic (exact) mass is 251 g/mol. The molecule has 2 aliphatic heterocycles. The first kappa shape index (κ1) is 14.0. The lowest BCUT2D eigenvalue weighted by Crippen LogP contribution is -2.45. The van der Waals surface area contributed by atoms with Gasteiger partial charge in [0.1, 0.15) is 0 Å². The zero-order valence-corrected chi connectivity index (χ0v) is 12.0. The van der Waals surface area contributed by atoms with Gasteiger partial charge in [-0.3, -0.25) is 4.90 Å². The minimum absolute atomic E-state index is 0.763. The van der Waals surface area contributed by atoms with Gasteiger partial charge < -0.3 is 10.2 Å². The van der Waals surface area contributed by atoms with Crippen LogP contribution in [-0.2, 0) is 0 Å². The molecule has 2 saturated heterocycles. The highest BCUT2D eigenvalue weighted by Crippen LogP contribution is 2.22. The van der Waals surface area contributed by atoms with Crippen LogP contribution in [0.4, 0.5) is 0 Å². The lowest BCUT2D eigenvalue weighted by Gasteiger charge is -2.36. The number of piperazine rings is 1. The molecule has 2 rings (SSSR count). The number of rotatable bonds is 5. The van der Waals surface area contributed by atoms with Crippen LogP contribution in [0, 0.1) is 0 Å². The quantitative estimate of drug-likeness (QED) is 0.751. The molecule has 104 valence electrons. The Morgan fingerprint density at radius 1 is 1.22 bits per heavy atom. The van der Waals surface area contributed by atoms with Crippen molar-refractivity contribution in [3.8, 4) is 0 Å². The second kappa shape index (κ2) is 7.27. The standard InChI is InChI=1S/C15H29N3/c1-3-18-9-5-4-6-15(18)12-14(2)13-17-10-7-16-8-11-17/h15-16H,2-13H2,1H3. The summed E-state index contributed by atoms with van der Waals surface area (Å²) in [5.74, 6) is 0. The number of hydrogen-bond acceptors (Lipinski definition) is 3. The van der Waals surface area contributed by atoms with Crippen LogP contribution < -0.4 is 5.32 Å². The summed E-state index contributed by atoms with van der Waals surface area (Å²) in [6.45, 7) is 14.8. The SMILES string of the molecule is C=C(CC1CCCCN1CC)CN1CCNCC1. The van der Waals surface area contributed by atoms with Crippen LogP contribution >= 0.6 is 0 Å². The molecule has 0 spiro atoms. The van der Waals surface area contributed by atoms with Gasteiger partial charge in [0.15, 0.2) is 0 Å². The first-order chi connectivity index (χ1) is 8.79. The van der Waals surface area contributed by atoms with Crippen molar-refractivity contribution in [1.29, 1.82) is 0 Å². The summed E-state index contributed by atoms with van der Waals surface area (Å²) in [5, 5.41) is 3.41. The van der Waals surface area contributed by atoms with Crippen molar-refractivity contribution in [2.45, 2.75) is 38.6 Å². The van der Waals surface area contributed by atoms with Gasteiger partial charge in [-0.1, -0.05) is 25.5 Å². The maximum atomic E-state index is 4.32. The van der Waals surface area contributed by atoms with Crippen LogP contribution in [0.3, 0.4) is 0 Å². The molecule has 0 aromatic rings. The molecule has 0 bridgehead atoms. The molecular weight excluding hydrogens is 222 g/mol. The fraction of sp³-hybridized carbons (Fsp3) is 0.867. The summed E-state index contributed by atoms with van der Waals surface area (Å²) >= 11 is 0. The van der Waals surface area contributed by atoms with Gasteiger partial charge in [0.05, 0.1) is 0 Å². The number of piperidine rings is 1. The molecule has 18 heavy (non-hydrogen) atoms. The highest BCUT2D eigenvalue weighted by Gasteiger charge is 2.22. The zero-order chi connectivity index (χ0) is 12.8. The molecule has 1 unspecified atom stereocenters. The van der Waals surface area contributed by atoms with Gasteiger partial charge in [0.2, 0.25) is 0 Å². The van der Waals surface area contributed by atoms with E-state index in [4.69, 9.17) is 0 Å². The number of nitrogens with zero attached hydrogens (tertiary/aromatic N) is 2. The van der Waals surface area contributed by atoms with Crippen LogP contribution in [-0.4, -0.2) is 61.7 Å². The molecule has 3 heteroatoms. The van der Waals surface area contributed by atoms with Crippen molar-refractivity contribution >= 4 is 0 Å². The minimum atomic E-state index is 0.763. The highest BCUT2D eigenvalue weighted by atomic mass is 15.2. The molecule has 2 fully saturated rings. The second-order valence-corrected chi connectivity index (χ2v) is 5.76. The Kier molecular flexibility index (Phi) is 5.67. The van der Waals surface area contributed by atoms with Gasteiger partial charge >= 0.3 is 0 Å². The van der Waals surface area contributed by atoms with E-state index in [-0.39, 0.29) is 0 Å². The third-order valence-electron chi connectivity index (χ3n) is 4.34. The Hall–Kier alpha value is -0.380. The fourth-order valence-corrected chi connectivity index (χ4v) is 3.29. The van der Waals surface area contributed by atoms with E-state index in [0.717, 1.165) is 25.7 Å². The van der Waals surface area contributed by atoms with Crippen molar-refractivity contribution < 1.29 is 0 Å². The summed E-state index contributed by atoms with van der Waals surface area (Å²) < 4.78 is 0. The lowest BCUT2D eigenvalue weighted by atomic mass is 9.96. The van der Waals surface area contributed by atoms with E-state index in [1.54, 1.807) is 0 Å². The topological polar surface area (TPSA) is 18.5 Å². The van der Waals surface area contributed by atoms with Crippen molar-refractivity contribution in [3.05, 3.63) is 12.2 Å². The molecule has 3 nitrogen and oxygen atoms in total. The maximum absolute atomic E-state index is 4.32. The van der Waals surface area contributed by atoms with E-state index in [9.17, 15) is 0 Å². The van der Waals surface area contributed by atoms with Gasteiger partial charge in [-0.05, 0) is 32.4 Å². The van der Waals surface area contributed by atoms with E-state index in [2.05, 4.69) is 28.6 Å². The molecule has 2 aliphatic rings. The molecular formula is C15H29N3. The lowest BCUT2D eigenvalue weighted by molar-refractivity contribution is 0.152. The van der Waals surface area contributed by atoms with E-state index < -0.39 is 0 Å². The van der Waals surface area contributed by atoms with E-state index in [1.165, 1.54) is 57.4 Å². The van der Waals surface area contributed by atoms with Gasteiger partial charge in [0.25, 0.3) is 0 Å². The molecule has 0 aromatic carbocycles. The number of nitrogens with one attached hydrogen (secondary N) is 1. The van der Waals surface area contributed by atoms with Crippen LogP contribution in [0.25, 0.3) is 0 Å². The van der Waals surface area contributed by atoms with E-state index in [1.807, 2.05) is 0 Å². The van der Waals surface area contributed by atoms with Crippen LogP contribution in [0.5, 0.6) is 0 Å². The molecule has 0 radical (unpaired) electrons. The summed E-state index contributed by atoms with van der Waals surface area (Å²) in [4.78, 5) is 5.18. The van der Waals surface area contributed by atoms with Crippen molar-refractivity contribution in [3.63, 3.8) is 0 Å². The van der Waals surface area contributed by atoms with Crippen molar-refractivity contribution in [2.75, 3.05) is 45.8 Å². The highest BCUT2D eigenvalue weighted by molar-refractivity contribution is 5.02. The second-order valence-electron chi connectivity index (χ2n) is 5.76. The summed E-state index contributed by atoms with van der Waals surface area (Å²) in [6.07, 6.45) is 5.36. The predicted molar refractivity (Wildman–Crippen MR) is 78.0 cm³/mol. The first-order valence-corrected chi connectivity index (χ1v) is 7.63. The van der Waals surface area contributed by atoms with E-state index in [0.29, 0.717) is 0 Å². The molecule has 2 heterocycles. The van der Waals surface area contributed by atoms with Crippen LogP contribution in [0.2, 0.25) is 0 Å². The summed E-state index contributed by atoms with van der Waals surface area (Å²) in [5.41, 5.74) is 1.43. The Labute approximate surface area is 112 Å². The van der Waals surface area contributed by atoms with E-state index >= 15 is 0 Å². The summed E-state index contributed by atoms with van der Waals surface area (Å²) in [6, 6.07) is 0.763. The summed E-state index contributed by atoms with van der Waals surface area (Å²) in [7, 11) is 0. The normalized spacial score (nSPS) is 27.3. The molecule has 0 aromatic heterocycles. The smallest absolute Gasteiger partial charge is 0.0191 e. The fourth-order valence-electron chi connectivity index (χ4n) is 3.29. The zero-order valence-electron chi connectivity index (χ0n) is 12.0. The first-order valence-electron chi connectivity index (χ1n) is 7.63. The third-order valence-corrected chi connectivity index (χ3v) is 4.34. The Morgan fingerprint density at radius 2 is 2.00 bits per heavy atom. The van der Waals surface area contributed by atoms with Crippen LogP contribution in [0.1, 0.15) is 32.6 Å². The third kappa shape index (κ3) is 4.08. The van der Waals surface area contributed by atoms with Crippen molar-refractivity contribution in [2.24, 2.45) is 0 Å². The Bertz CT molecular complexity index is 258. The predicted octanol–water partition coefficient (Wildman–Crippen LogP) is 1.71. The average molecular weight is 251 g/mol. The van der Waals surface area contributed by atoms with Crippen molar-refractivity contribution in [1.82, 2.24) is 15.1 Å². The maximum Gasteiger partial charge on any atom is 0.0191 e. The molecule has 1 N–H and O–H groups in total. The molecule has 1 atom stereocenters. The Balaban J connectivity index is 1.75. The molecule has 0 saturated carbocycles. The minimum Gasteiger partial charge on any atom is -0.314 e. The van der Waals surface area contributed by atoms with Gasteiger partial charge in [0, 0.05) is 38.8 Å². The number of hydrogen-bond donors (Lipinski definition) is 1. The van der Waals surface area contributed by atoms with Gasteiger partial charge in [-0.2, -0.15) is 0 Å². The largest absolute Gasteiger partial charge is 0.314 e. The van der Waals surface area contributed by atoms with Gasteiger partial charge in [-0.25, -0.2) is 0 Å².